The highest BCUT2D eigenvalue weighted by Gasteiger charge is 2.60. The molecule has 0 radical (unpaired) electrons. The van der Waals surface area contributed by atoms with Crippen LogP contribution in [0.25, 0.3) is 10.9 Å². The minimum atomic E-state index is -1.16. The second-order valence-electron chi connectivity index (χ2n) is 10.3. The second kappa shape index (κ2) is 8.56. The molecule has 3 aromatic rings. The fourth-order valence-corrected chi connectivity index (χ4v) is 5.48. The predicted molar refractivity (Wildman–Crippen MR) is 135 cm³/mol. The number of aromatic nitrogens is 1. The third-order valence-electron chi connectivity index (χ3n) is 7.39. The Morgan fingerprint density at radius 1 is 1.11 bits per heavy atom. The van der Waals surface area contributed by atoms with Crippen LogP contribution < -0.4 is 5.32 Å². The topological polar surface area (TPSA) is 85.5 Å². The average molecular weight is 473 g/mol. The molecule has 1 fully saturated rings. The number of urea groups is 1. The standard InChI is InChI=1S/C28H32N4O3/c1-17(2)15-23(25(33)29-16-19-11-9-18(3)10-12-19)32-26(34)28(4)24-21(13-14-31(28)27(32)35)20-7-5-6-8-22(20)30-24/h5-12,17,23,30H,13-16H2,1-4H3,(H,29,33). The Kier molecular flexibility index (Phi) is 5.66. The molecule has 3 heterocycles. The summed E-state index contributed by atoms with van der Waals surface area (Å²) >= 11 is 0. The molecule has 0 spiro atoms. The monoisotopic (exact) mass is 472 g/mol. The smallest absolute Gasteiger partial charge is 0.328 e. The predicted octanol–water partition coefficient (Wildman–Crippen LogP) is 4.24. The highest BCUT2D eigenvalue weighted by atomic mass is 16.2. The number of carbonyl (C=O) groups excluding carboxylic acids is 3. The van der Waals surface area contributed by atoms with Crippen LogP contribution in [0.2, 0.25) is 0 Å². The molecule has 7 heteroatoms. The number of hydrogen-bond acceptors (Lipinski definition) is 3. The summed E-state index contributed by atoms with van der Waals surface area (Å²) in [4.78, 5) is 47.3. The minimum absolute atomic E-state index is 0.125. The lowest BCUT2D eigenvalue weighted by molar-refractivity contribution is -0.140. The van der Waals surface area contributed by atoms with Gasteiger partial charge in [0.1, 0.15) is 6.04 Å². The SMILES string of the molecule is Cc1ccc(CNC(=O)C(CC(C)C)N2C(=O)N3CCc4c([nH]c5ccccc45)C3(C)C2=O)cc1. The zero-order valence-electron chi connectivity index (χ0n) is 20.7. The Labute approximate surface area is 205 Å². The summed E-state index contributed by atoms with van der Waals surface area (Å²) in [6, 6.07) is 14.6. The Hall–Kier alpha value is -3.61. The van der Waals surface area contributed by atoms with Crippen molar-refractivity contribution in [1.82, 2.24) is 20.1 Å². The van der Waals surface area contributed by atoms with Gasteiger partial charge < -0.3 is 15.2 Å². The first-order valence-electron chi connectivity index (χ1n) is 12.3. The van der Waals surface area contributed by atoms with Crippen LogP contribution in [0.3, 0.4) is 0 Å². The molecule has 7 nitrogen and oxygen atoms in total. The van der Waals surface area contributed by atoms with E-state index in [-0.39, 0.29) is 17.7 Å². The van der Waals surface area contributed by atoms with E-state index < -0.39 is 17.6 Å². The summed E-state index contributed by atoms with van der Waals surface area (Å²) in [7, 11) is 0. The molecule has 2 N–H and O–H groups in total. The number of benzene rings is 2. The highest BCUT2D eigenvalue weighted by molar-refractivity contribution is 6.11. The summed E-state index contributed by atoms with van der Waals surface area (Å²) in [6.45, 7) is 8.59. The second-order valence-corrected chi connectivity index (χ2v) is 10.3. The van der Waals surface area contributed by atoms with E-state index in [0.29, 0.717) is 25.9 Å². The van der Waals surface area contributed by atoms with Crippen LogP contribution in [-0.2, 0) is 28.1 Å². The van der Waals surface area contributed by atoms with Crippen LogP contribution in [0, 0.1) is 12.8 Å². The molecule has 0 saturated carbocycles. The van der Waals surface area contributed by atoms with Gasteiger partial charge in [-0.1, -0.05) is 61.9 Å². The first kappa shape index (κ1) is 23.1. The van der Waals surface area contributed by atoms with Crippen LogP contribution in [-0.4, -0.2) is 45.2 Å². The van der Waals surface area contributed by atoms with Gasteiger partial charge in [-0.15, -0.1) is 0 Å². The maximum atomic E-state index is 14.0. The van der Waals surface area contributed by atoms with Gasteiger partial charge in [0.2, 0.25) is 5.91 Å². The molecule has 2 unspecified atom stereocenters. The van der Waals surface area contributed by atoms with Crippen molar-refractivity contribution in [2.45, 2.75) is 58.7 Å². The molecule has 35 heavy (non-hydrogen) atoms. The van der Waals surface area contributed by atoms with Gasteiger partial charge in [-0.05, 0) is 49.8 Å². The van der Waals surface area contributed by atoms with Crippen LogP contribution in [0.1, 0.15) is 49.6 Å². The van der Waals surface area contributed by atoms with Gasteiger partial charge in [0.05, 0.1) is 5.69 Å². The van der Waals surface area contributed by atoms with Crippen molar-refractivity contribution in [3.8, 4) is 0 Å². The molecule has 2 aliphatic rings. The van der Waals surface area contributed by atoms with E-state index in [4.69, 9.17) is 0 Å². The molecule has 1 saturated heterocycles. The number of hydrogen-bond donors (Lipinski definition) is 2. The Balaban J connectivity index is 1.47. The first-order valence-corrected chi connectivity index (χ1v) is 12.3. The lowest BCUT2D eigenvalue weighted by atomic mass is 9.87. The maximum absolute atomic E-state index is 14.0. The number of rotatable bonds is 6. The Bertz CT molecular complexity index is 1310. The molecular weight excluding hydrogens is 440 g/mol. The number of aromatic amines is 1. The summed E-state index contributed by atoms with van der Waals surface area (Å²) < 4.78 is 0. The van der Waals surface area contributed by atoms with Gasteiger partial charge in [-0.25, -0.2) is 9.69 Å². The molecule has 2 aliphatic heterocycles. The van der Waals surface area contributed by atoms with Gasteiger partial charge >= 0.3 is 6.03 Å². The average Bonchev–Trinajstić information content (AvgIpc) is 3.31. The molecule has 0 aliphatic carbocycles. The van der Waals surface area contributed by atoms with E-state index in [2.05, 4.69) is 10.3 Å². The molecule has 4 amide bonds. The summed E-state index contributed by atoms with van der Waals surface area (Å²) in [5, 5.41) is 4.05. The van der Waals surface area contributed by atoms with Gasteiger partial charge in [-0.3, -0.25) is 9.59 Å². The lowest BCUT2D eigenvalue weighted by Crippen LogP contribution is -2.51. The number of imide groups is 1. The van der Waals surface area contributed by atoms with Crippen molar-refractivity contribution in [3.05, 3.63) is 70.9 Å². The minimum Gasteiger partial charge on any atom is -0.356 e. The molecule has 182 valence electrons. The summed E-state index contributed by atoms with van der Waals surface area (Å²) in [5.41, 5.74) is 3.75. The quantitative estimate of drug-likeness (QED) is 0.526. The van der Waals surface area contributed by atoms with Crippen LogP contribution in [0.4, 0.5) is 4.79 Å². The normalized spacial score (nSPS) is 20.4. The Morgan fingerprint density at radius 2 is 1.83 bits per heavy atom. The molecular formula is C28H32N4O3. The van der Waals surface area contributed by atoms with Gasteiger partial charge in [0.25, 0.3) is 5.91 Å². The van der Waals surface area contributed by atoms with Crippen molar-refractivity contribution in [2.75, 3.05) is 6.54 Å². The number of nitrogens with zero attached hydrogens (tertiary/aromatic N) is 2. The zero-order chi connectivity index (χ0) is 24.9. The largest absolute Gasteiger partial charge is 0.356 e. The van der Waals surface area contributed by atoms with Crippen molar-refractivity contribution >= 4 is 28.7 Å². The fourth-order valence-electron chi connectivity index (χ4n) is 5.48. The van der Waals surface area contributed by atoms with Crippen molar-refractivity contribution in [2.24, 2.45) is 5.92 Å². The van der Waals surface area contributed by atoms with E-state index in [1.54, 1.807) is 11.8 Å². The number of para-hydroxylation sites is 1. The molecule has 0 bridgehead atoms. The molecule has 2 aromatic carbocycles. The lowest BCUT2D eigenvalue weighted by Gasteiger charge is -2.36. The number of fused-ring (bicyclic) bond motifs is 5. The van der Waals surface area contributed by atoms with Crippen molar-refractivity contribution in [3.63, 3.8) is 0 Å². The van der Waals surface area contributed by atoms with E-state index in [0.717, 1.165) is 33.3 Å². The van der Waals surface area contributed by atoms with Gasteiger partial charge in [0, 0.05) is 24.0 Å². The molecule has 1 aromatic heterocycles. The van der Waals surface area contributed by atoms with E-state index >= 15 is 0 Å². The van der Waals surface area contributed by atoms with Crippen LogP contribution in [0.15, 0.2) is 48.5 Å². The number of amides is 4. The van der Waals surface area contributed by atoms with Crippen molar-refractivity contribution in [1.29, 1.82) is 0 Å². The summed E-state index contributed by atoms with van der Waals surface area (Å²) in [6.07, 6.45) is 1.07. The first-order chi connectivity index (χ1) is 16.7. The Morgan fingerprint density at radius 3 is 2.54 bits per heavy atom. The van der Waals surface area contributed by atoms with Gasteiger partial charge in [-0.2, -0.15) is 0 Å². The van der Waals surface area contributed by atoms with E-state index in [9.17, 15) is 14.4 Å². The van der Waals surface area contributed by atoms with Crippen molar-refractivity contribution < 1.29 is 14.4 Å². The summed E-state index contributed by atoms with van der Waals surface area (Å²) in [5.74, 6) is -0.521. The van der Waals surface area contributed by atoms with E-state index in [1.807, 2.05) is 69.3 Å². The number of nitrogens with one attached hydrogen (secondary N) is 2. The zero-order valence-corrected chi connectivity index (χ0v) is 20.7. The maximum Gasteiger partial charge on any atom is 0.328 e. The molecule has 2 atom stereocenters. The highest BCUT2D eigenvalue weighted by Crippen LogP contribution is 2.44. The fraction of sp³-hybridized carbons (Fsp3) is 0.393. The number of carbonyl (C=O) groups is 3. The third kappa shape index (κ3) is 3.70. The van der Waals surface area contributed by atoms with Crippen LogP contribution >= 0.6 is 0 Å². The van der Waals surface area contributed by atoms with E-state index in [1.165, 1.54) is 4.90 Å². The number of aryl methyl sites for hydroxylation is 1. The number of H-pyrrole nitrogens is 1. The van der Waals surface area contributed by atoms with Gasteiger partial charge in [0.15, 0.2) is 5.54 Å². The third-order valence-corrected chi connectivity index (χ3v) is 7.39. The van der Waals surface area contributed by atoms with Crippen LogP contribution in [0.5, 0.6) is 0 Å². The molecule has 5 rings (SSSR count).